The number of benzene rings is 2. The van der Waals surface area contributed by atoms with Gasteiger partial charge >= 0.3 is 0 Å². The van der Waals surface area contributed by atoms with Crippen LogP contribution < -0.4 is 5.32 Å². The molecule has 0 spiro atoms. The third kappa shape index (κ3) is 3.06. The molecule has 0 atom stereocenters. The molecule has 5 heteroatoms. The lowest BCUT2D eigenvalue weighted by Crippen LogP contribution is -2.14. The van der Waals surface area contributed by atoms with Crippen LogP contribution in [0, 0.1) is 5.82 Å². The average Bonchev–Trinajstić information content (AvgIpc) is 2.42. The summed E-state index contributed by atoms with van der Waals surface area (Å²) in [5.41, 5.74) is 0.812. The molecule has 0 unspecified atom stereocenters. The number of anilines is 1. The maximum atomic E-state index is 13.7. The van der Waals surface area contributed by atoms with Crippen molar-refractivity contribution in [2.24, 2.45) is 0 Å². The number of hydrogen-bond acceptors (Lipinski definition) is 2. The minimum atomic E-state index is -0.619. The number of rotatable bonds is 3. The molecule has 0 saturated heterocycles. The molecular weight excluding hydrogens is 313 g/mol. The van der Waals surface area contributed by atoms with Gasteiger partial charge in [0.1, 0.15) is 12.1 Å². The highest BCUT2D eigenvalue weighted by molar-refractivity contribution is 9.10. The minimum absolute atomic E-state index is 0.0640. The predicted molar refractivity (Wildman–Crippen MR) is 73.9 cm³/mol. The van der Waals surface area contributed by atoms with Crippen LogP contribution in [0.5, 0.6) is 0 Å². The molecule has 0 aliphatic carbocycles. The number of nitrogens with one attached hydrogen (secondary N) is 1. The predicted octanol–water partition coefficient (Wildman–Crippen LogP) is 3.65. The van der Waals surface area contributed by atoms with Crippen LogP contribution in [-0.4, -0.2) is 12.2 Å². The van der Waals surface area contributed by atoms with E-state index < -0.39 is 11.7 Å². The van der Waals surface area contributed by atoms with E-state index in [1.54, 1.807) is 24.3 Å². The molecule has 2 aromatic carbocycles. The van der Waals surface area contributed by atoms with Crippen LogP contribution in [0.4, 0.5) is 10.1 Å². The summed E-state index contributed by atoms with van der Waals surface area (Å²) in [6, 6.07) is 10.9. The van der Waals surface area contributed by atoms with Gasteiger partial charge in [0, 0.05) is 11.3 Å². The summed E-state index contributed by atoms with van der Waals surface area (Å²) in [5, 5.41) is 2.54. The lowest BCUT2D eigenvalue weighted by atomic mass is 10.1. The van der Waals surface area contributed by atoms with Crippen LogP contribution in [-0.2, 0) is 0 Å². The van der Waals surface area contributed by atoms with Gasteiger partial charge in [-0.15, -0.1) is 0 Å². The first-order valence-corrected chi connectivity index (χ1v) is 6.21. The third-order valence-corrected chi connectivity index (χ3v) is 3.09. The van der Waals surface area contributed by atoms with Crippen LogP contribution in [0.25, 0.3) is 0 Å². The molecule has 0 aliphatic heterocycles. The van der Waals surface area contributed by atoms with E-state index >= 15 is 0 Å². The van der Waals surface area contributed by atoms with Crippen molar-refractivity contribution >= 4 is 33.8 Å². The van der Waals surface area contributed by atoms with E-state index in [9.17, 15) is 14.0 Å². The van der Waals surface area contributed by atoms with Gasteiger partial charge < -0.3 is 5.32 Å². The molecule has 1 amide bonds. The smallest absolute Gasteiger partial charge is 0.258 e. The quantitative estimate of drug-likeness (QED) is 0.877. The molecule has 96 valence electrons. The second kappa shape index (κ2) is 5.75. The molecule has 0 radical (unpaired) electrons. The zero-order valence-corrected chi connectivity index (χ0v) is 11.3. The Morgan fingerprint density at radius 2 is 1.95 bits per heavy atom. The number of carbonyl (C=O) groups excluding carboxylic acids is 2. The Bertz CT molecular complexity index is 643. The Morgan fingerprint density at radius 1 is 1.21 bits per heavy atom. The molecule has 2 rings (SSSR count). The molecule has 0 aromatic heterocycles. The highest BCUT2D eigenvalue weighted by atomic mass is 79.9. The molecule has 0 saturated carbocycles. The topological polar surface area (TPSA) is 46.2 Å². The Balaban J connectivity index is 2.25. The van der Waals surface area contributed by atoms with E-state index in [2.05, 4.69) is 21.2 Å². The molecule has 1 N–H and O–H groups in total. The first-order chi connectivity index (χ1) is 9.11. The number of halogens is 2. The first-order valence-electron chi connectivity index (χ1n) is 5.42. The Labute approximate surface area is 117 Å². The zero-order chi connectivity index (χ0) is 13.8. The van der Waals surface area contributed by atoms with Gasteiger partial charge in [-0.05, 0) is 40.2 Å². The van der Waals surface area contributed by atoms with Gasteiger partial charge in [0.2, 0.25) is 0 Å². The van der Waals surface area contributed by atoms with Gasteiger partial charge in [-0.2, -0.15) is 0 Å². The highest BCUT2D eigenvalue weighted by Crippen LogP contribution is 2.20. The summed E-state index contributed by atoms with van der Waals surface area (Å²) in [7, 11) is 0. The van der Waals surface area contributed by atoms with Gasteiger partial charge in [0.05, 0.1) is 10.0 Å². The molecule has 2 aromatic rings. The van der Waals surface area contributed by atoms with Crippen molar-refractivity contribution in [1.29, 1.82) is 0 Å². The van der Waals surface area contributed by atoms with E-state index in [0.29, 0.717) is 17.5 Å². The van der Waals surface area contributed by atoms with Gasteiger partial charge in [0.15, 0.2) is 0 Å². The van der Waals surface area contributed by atoms with Crippen molar-refractivity contribution in [1.82, 2.24) is 0 Å². The molecule has 0 bridgehead atoms. The lowest BCUT2D eigenvalue weighted by Gasteiger charge is -2.07. The first kappa shape index (κ1) is 13.4. The fraction of sp³-hybridized carbons (Fsp3) is 0. The third-order valence-electron chi connectivity index (χ3n) is 2.48. The molecule has 3 nitrogen and oxygen atoms in total. The van der Waals surface area contributed by atoms with Crippen LogP contribution in [0.2, 0.25) is 0 Å². The van der Waals surface area contributed by atoms with Crippen LogP contribution in [0.15, 0.2) is 46.9 Å². The lowest BCUT2D eigenvalue weighted by molar-refractivity contribution is 0.102. The Kier molecular flexibility index (Phi) is 4.06. The second-order valence-corrected chi connectivity index (χ2v) is 4.65. The van der Waals surface area contributed by atoms with Crippen molar-refractivity contribution in [3.05, 3.63) is 63.9 Å². The van der Waals surface area contributed by atoms with E-state index in [0.717, 1.165) is 0 Å². The van der Waals surface area contributed by atoms with E-state index in [-0.39, 0.29) is 10.0 Å². The summed E-state index contributed by atoms with van der Waals surface area (Å²) in [5.74, 6) is -1.19. The molecule has 0 aliphatic rings. The fourth-order valence-corrected chi connectivity index (χ4v) is 1.93. The number of hydrogen-bond donors (Lipinski definition) is 1. The Morgan fingerprint density at radius 3 is 2.68 bits per heavy atom. The van der Waals surface area contributed by atoms with Crippen molar-refractivity contribution in [2.45, 2.75) is 0 Å². The van der Waals surface area contributed by atoms with E-state index in [1.807, 2.05) is 0 Å². The minimum Gasteiger partial charge on any atom is -0.322 e. The van der Waals surface area contributed by atoms with Gasteiger partial charge in [-0.25, -0.2) is 4.39 Å². The maximum Gasteiger partial charge on any atom is 0.258 e. The summed E-state index contributed by atoms with van der Waals surface area (Å²) < 4.78 is 14.0. The molecule has 0 heterocycles. The fourth-order valence-electron chi connectivity index (χ4n) is 1.57. The summed E-state index contributed by atoms with van der Waals surface area (Å²) in [4.78, 5) is 22.6. The van der Waals surface area contributed by atoms with Gasteiger partial charge in [0.25, 0.3) is 5.91 Å². The second-order valence-electron chi connectivity index (χ2n) is 3.80. The number of amides is 1. The number of carbonyl (C=O) groups is 2. The standard InChI is InChI=1S/C14H9BrFNO2/c15-12-6-2-5-11(13(12)16)14(19)17-10-4-1-3-9(7-10)8-18/h1-8H,(H,17,19). The van der Waals surface area contributed by atoms with Gasteiger partial charge in [-0.1, -0.05) is 18.2 Å². The van der Waals surface area contributed by atoms with Crippen molar-refractivity contribution in [2.75, 3.05) is 5.32 Å². The number of aldehydes is 1. The van der Waals surface area contributed by atoms with Crippen LogP contribution >= 0.6 is 15.9 Å². The summed E-state index contributed by atoms with van der Waals surface area (Å²) in [6.45, 7) is 0. The highest BCUT2D eigenvalue weighted by Gasteiger charge is 2.13. The largest absolute Gasteiger partial charge is 0.322 e. The monoisotopic (exact) mass is 321 g/mol. The SMILES string of the molecule is O=Cc1cccc(NC(=O)c2cccc(Br)c2F)c1. The van der Waals surface area contributed by atoms with E-state index in [1.165, 1.54) is 18.2 Å². The molecule has 0 fully saturated rings. The summed E-state index contributed by atoms with van der Waals surface area (Å²) in [6.07, 6.45) is 0.676. The van der Waals surface area contributed by atoms with E-state index in [4.69, 9.17) is 0 Å². The van der Waals surface area contributed by atoms with Crippen LogP contribution in [0.1, 0.15) is 20.7 Å². The van der Waals surface area contributed by atoms with Crippen molar-refractivity contribution in [3.63, 3.8) is 0 Å². The van der Waals surface area contributed by atoms with Crippen LogP contribution in [0.3, 0.4) is 0 Å². The maximum absolute atomic E-state index is 13.7. The Hall–Kier alpha value is -2.01. The zero-order valence-electron chi connectivity index (χ0n) is 9.69. The average molecular weight is 322 g/mol. The van der Waals surface area contributed by atoms with Crippen molar-refractivity contribution in [3.8, 4) is 0 Å². The molecule has 19 heavy (non-hydrogen) atoms. The summed E-state index contributed by atoms with van der Waals surface area (Å²) >= 11 is 3.02. The normalized spacial score (nSPS) is 10.0. The van der Waals surface area contributed by atoms with Gasteiger partial charge in [-0.3, -0.25) is 9.59 Å². The van der Waals surface area contributed by atoms with Crippen molar-refractivity contribution < 1.29 is 14.0 Å². The molecular formula is C14H9BrFNO2.